The van der Waals surface area contributed by atoms with Gasteiger partial charge in [-0.15, -0.1) is 0 Å². The Morgan fingerprint density at radius 3 is 2.38 bits per heavy atom. The van der Waals surface area contributed by atoms with Crippen molar-refractivity contribution in [2.75, 3.05) is 26.7 Å². The molecule has 1 aliphatic heterocycles. The van der Waals surface area contributed by atoms with Gasteiger partial charge in [-0.3, -0.25) is 4.99 Å². The number of aliphatic imine (C=N–C) groups is 1. The highest BCUT2D eigenvalue weighted by atomic mass is 79.9. The summed E-state index contributed by atoms with van der Waals surface area (Å²) < 4.78 is 1.15. The molecule has 0 spiro atoms. The van der Waals surface area contributed by atoms with Crippen molar-refractivity contribution in [3.05, 3.63) is 34.3 Å². The highest BCUT2D eigenvalue weighted by Gasteiger charge is 2.38. The predicted octanol–water partition coefficient (Wildman–Crippen LogP) is 3.91. The van der Waals surface area contributed by atoms with Crippen LogP contribution in [-0.2, 0) is 5.41 Å². The summed E-state index contributed by atoms with van der Waals surface area (Å²) in [7, 11) is 1.88. The minimum absolute atomic E-state index is 0.263. The SMILES string of the molecule is CN=C(NCC1(c2ccc(Br)cc2)CCC1)NC1CCN(C(C)C)CC1. The lowest BCUT2D eigenvalue weighted by Gasteiger charge is -2.43. The normalized spacial score (nSPS) is 21.5. The van der Waals surface area contributed by atoms with E-state index >= 15 is 0 Å². The van der Waals surface area contributed by atoms with Crippen molar-refractivity contribution in [1.82, 2.24) is 15.5 Å². The van der Waals surface area contributed by atoms with Crippen molar-refractivity contribution in [2.45, 2.75) is 63.5 Å². The Balaban J connectivity index is 1.53. The van der Waals surface area contributed by atoms with Gasteiger partial charge in [0.1, 0.15) is 0 Å². The molecule has 2 fully saturated rings. The van der Waals surface area contributed by atoms with Crippen molar-refractivity contribution >= 4 is 21.9 Å². The smallest absolute Gasteiger partial charge is 0.191 e. The van der Waals surface area contributed by atoms with Gasteiger partial charge in [-0.1, -0.05) is 34.5 Å². The topological polar surface area (TPSA) is 39.7 Å². The van der Waals surface area contributed by atoms with E-state index in [0.29, 0.717) is 12.1 Å². The van der Waals surface area contributed by atoms with E-state index in [4.69, 9.17) is 0 Å². The van der Waals surface area contributed by atoms with E-state index in [9.17, 15) is 0 Å². The first-order chi connectivity index (χ1) is 12.5. The van der Waals surface area contributed by atoms with E-state index in [2.05, 4.69) is 74.6 Å². The Labute approximate surface area is 167 Å². The summed E-state index contributed by atoms with van der Waals surface area (Å²) >= 11 is 3.55. The lowest BCUT2D eigenvalue weighted by atomic mass is 9.64. The number of halogens is 1. The van der Waals surface area contributed by atoms with Crippen LogP contribution in [0.15, 0.2) is 33.7 Å². The van der Waals surface area contributed by atoms with Gasteiger partial charge in [0.15, 0.2) is 5.96 Å². The number of piperidine rings is 1. The van der Waals surface area contributed by atoms with Gasteiger partial charge in [0.05, 0.1) is 0 Å². The number of nitrogens with zero attached hydrogens (tertiary/aromatic N) is 2. The Morgan fingerprint density at radius 1 is 1.23 bits per heavy atom. The van der Waals surface area contributed by atoms with Crippen molar-refractivity contribution < 1.29 is 0 Å². The molecule has 0 atom stereocenters. The zero-order valence-corrected chi connectivity index (χ0v) is 18.0. The Bertz CT molecular complexity index is 599. The third kappa shape index (κ3) is 4.61. The zero-order chi connectivity index (χ0) is 18.6. The van der Waals surface area contributed by atoms with Crippen molar-refractivity contribution in [1.29, 1.82) is 0 Å². The molecule has 0 unspecified atom stereocenters. The lowest BCUT2D eigenvalue weighted by Crippen LogP contribution is -2.53. The van der Waals surface area contributed by atoms with Gasteiger partial charge in [0, 0.05) is 48.7 Å². The second kappa shape index (κ2) is 8.75. The van der Waals surface area contributed by atoms with E-state index in [0.717, 1.165) is 17.0 Å². The van der Waals surface area contributed by atoms with Gasteiger partial charge in [0.2, 0.25) is 0 Å². The molecule has 0 aromatic heterocycles. The van der Waals surface area contributed by atoms with Gasteiger partial charge >= 0.3 is 0 Å². The molecule has 1 saturated heterocycles. The largest absolute Gasteiger partial charge is 0.356 e. The second-order valence-corrected chi connectivity index (χ2v) is 9.03. The molecule has 0 bridgehead atoms. The maximum absolute atomic E-state index is 4.48. The maximum atomic E-state index is 4.48. The molecule has 1 heterocycles. The summed E-state index contributed by atoms with van der Waals surface area (Å²) in [5, 5.41) is 7.27. The molecule has 1 aromatic rings. The van der Waals surface area contributed by atoms with E-state index in [1.54, 1.807) is 0 Å². The molecular weight excluding hydrogens is 388 g/mol. The van der Waals surface area contributed by atoms with E-state index in [1.165, 1.54) is 50.8 Å². The first kappa shape index (κ1) is 19.7. The van der Waals surface area contributed by atoms with Crippen LogP contribution in [0.2, 0.25) is 0 Å². The van der Waals surface area contributed by atoms with Gasteiger partial charge in [-0.05, 0) is 57.2 Å². The number of hydrogen-bond acceptors (Lipinski definition) is 2. The fourth-order valence-corrected chi connectivity index (χ4v) is 4.44. The minimum atomic E-state index is 0.263. The van der Waals surface area contributed by atoms with Crippen molar-refractivity contribution in [2.24, 2.45) is 4.99 Å². The van der Waals surface area contributed by atoms with Gasteiger partial charge in [-0.2, -0.15) is 0 Å². The average molecular weight is 421 g/mol. The first-order valence-corrected chi connectivity index (χ1v) is 10.8. The summed E-state index contributed by atoms with van der Waals surface area (Å²) in [6.07, 6.45) is 6.21. The van der Waals surface area contributed by atoms with Crippen molar-refractivity contribution in [3.8, 4) is 0 Å². The van der Waals surface area contributed by atoms with Crippen LogP contribution in [0.1, 0.15) is 51.5 Å². The number of likely N-dealkylation sites (tertiary alicyclic amines) is 1. The van der Waals surface area contributed by atoms with Crippen LogP contribution in [0.4, 0.5) is 0 Å². The summed E-state index contributed by atoms with van der Waals surface area (Å²) in [4.78, 5) is 7.04. The van der Waals surface area contributed by atoms with Crippen LogP contribution in [0.3, 0.4) is 0 Å². The van der Waals surface area contributed by atoms with Crippen LogP contribution >= 0.6 is 15.9 Å². The monoisotopic (exact) mass is 420 g/mol. The number of guanidine groups is 1. The minimum Gasteiger partial charge on any atom is -0.356 e. The standard InChI is InChI=1S/C21H33BrN4/c1-16(2)26-13-9-19(10-14-26)25-20(23-3)24-15-21(11-4-12-21)17-5-7-18(22)8-6-17/h5-8,16,19H,4,9-15H2,1-3H3,(H2,23,24,25). The molecule has 2 aliphatic rings. The molecule has 2 N–H and O–H groups in total. The van der Waals surface area contributed by atoms with Crippen molar-refractivity contribution in [3.63, 3.8) is 0 Å². The van der Waals surface area contributed by atoms with Crippen LogP contribution in [0.25, 0.3) is 0 Å². The molecule has 1 aliphatic carbocycles. The summed E-state index contributed by atoms with van der Waals surface area (Å²) in [5.41, 5.74) is 1.71. The highest BCUT2D eigenvalue weighted by Crippen LogP contribution is 2.43. The second-order valence-electron chi connectivity index (χ2n) is 8.11. The fourth-order valence-electron chi connectivity index (χ4n) is 4.18. The molecule has 5 heteroatoms. The molecule has 1 aromatic carbocycles. The third-order valence-corrected chi connectivity index (χ3v) is 6.71. The number of nitrogens with one attached hydrogen (secondary N) is 2. The number of hydrogen-bond donors (Lipinski definition) is 2. The van der Waals surface area contributed by atoms with Gasteiger partial charge in [0.25, 0.3) is 0 Å². The van der Waals surface area contributed by atoms with E-state index in [1.807, 2.05) is 7.05 Å². The molecule has 4 nitrogen and oxygen atoms in total. The third-order valence-electron chi connectivity index (χ3n) is 6.19. The molecule has 1 saturated carbocycles. The van der Waals surface area contributed by atoms with Gasteiger partial charge in [-0.25, -0.2) is 0 Å². The Hall–Kier alpha value is -1.07. The summed E-state index contributed by atoms with van der Waals surface area (Å²) in [5.74, 6) is 0.955. The maximum Gasteiger partial charge on any atom is 0.191 e. The van der Waals surface area contributed by atoms with Gasteiger partial charge < -0.3 is 15.5 Å². The van der Waals surface area contributed by atoms with Crippen LogP contribution in [0.5, 0.6) is 0 Å². The predicted molar refractivity (Wildman–Crippen MR) is 114 cm³/mol. The Kier molecular flexibility index (Phi) is 6.62. The molecule has 26 heavy (non-hydrogen) atoms. The Morgan fingerprint density at radius 2 is 1.88 bits per heavy atom. The number of benzene rings is 1. The summed E-state index contributed by atoms with van der Waals surface area (Å²) in [6, 6.07) is 10.0. The molecule has 0 radical (unpaired) electrons. The van der Waals surface area contributed by atoms with Crippen LogP contribution in [0, 0.1) is 0 Å². The molecule has 144 valence electrons. The van der Waals surface area contributed by atoms with Crippen LogP contribution < -0.4 is 10.6 Å². The lowest BCUT2D eigenvalue weighted by molar-refractivity contribution is 0.167. The summed E-state index contributed by atoms with van der Waals surface area (Å²) in [6.45, 7) is 7.88. The number of rotatable bonds is 5. The fraction of sp³-hybridized carbons (Fsp3) is 0.667. The molecular formula is C21H33BrN4. The quantitative estimate of drug-likeness (QED) is 0.560. The van der Waals surface area contributed by atoms with E-state index in [-0.39, 0.29) is 5.41 Å². The first-order valence-electron chi connectivity index (χ1n) is 10.00. The average Bonchev–Trinajstić information content (AvgIpc) is 2.61. The zero-order valence-electron chi connectivity index (χ0n) is 16.4. The van der Waals surface area contributed by atoms with Crippen LogP contribution in [-0.4, -0.2) is 49.6 Å². The highest BCUT2D eigenvalue weighted by molar-refractivity contribution is 9.10. The molecule has 0 amide bonds. The molecule has 3 rings (SSSR count). The van der Waals surface area contributed by atoms with E-state index < -0.39 is 0 Å².